The summed E-state index contributed by atoms with van der Waals surface area (Å²) in [4.78, 5) is 28.7. The summed E-state index contributed by atoms with van der Waals surface area (Å²) in [5.74, 6) is -3.09. The zero-order chi connectivity index (χ0) is 26.3. The molecule has 36 heavy (non-hydrogen) atoms. The van der Waals surface area contributed by atoms with E-state index in [1.165, 1.54) is 18.2 Å². The minimum Gasteiger partial charge on any atom is -0.545 e. The molecular formula is C25H13F6N2O3-. The number of pyridine rings is 1. The van der Waals surface area contributed by atoms with Crippen LogP contribution in [-0.4, -0.2) is 16.9 Å². The number of carboxylic acid groups (broad SMARTS) is 1. The average molecular weight is 503 g/mol. The number of para-hydroxylation sites is 1. The Labute approximate surface area is 199 Å². The van der Waals surface area contributed by atoms with Gasteiger partial charge in [-0.15, -0.1) is 0 Å². The number of halogens is 6. The monoisotopic (exact) mass is 503 g/mol. The van der Waals surface area contributed by atoms with Crippen LogP contribution in [-0.2, 0) is 12.4 Å². The van der Waals surface area contributed by atoms with E-state index in [9.17, 15) is 41.0 Å². The van der Waals surface area contributed by atoms with Crippen molar-refractivity contribution in [3.8, 4) is 11.1 Å². The number of carbonyl (C=O) groups excluding carboxylic acids is 2. The Balaban J connectivity index is 1.74. The second kappa shape index (κ2) is 8.99. The highest BCUT2D eigenvalue weighted by Crippen LogP contribution is 2.37. The van der Waals surface area contributed by atoms with Crippen molar-refractivity contribution in [2.24, 2.45) is 0 Å². The minimum absolute atomic E-state index is 0.115. The van der Waals surface area contributed by atoms with E-state index in [1.54, 1.807) is 36.5 Å². The number of anilines is 1. The van der Waals surface area contributed by atoms with Crippen molar-refractivity contribution in [2.75, 3.05) is 5.32 Å². The molecule has 0 aliphatic heterocycles. The van der Waals surface area contributed by atoms with Crippen LogP contribution in [0.3, 0.4) is 0 Å². The van der Waals surface area contributed by atoms with Crippen LogP contribution in [0.25, 0.3) is 22.0 Å². The number of carboxylic acids is 1. The Kier molecular flexibility index (Phi) is 6.17. The topological polar surface area (TPSA) is 82.1 Å². The van der Waals surface area contributed by atoms with E-state index in [0.29, 0.717) is 16.6 Å². The Morgan fingerprint density at radius 3 is 2.06 bits per heavy atom. The van der Waals surface area contributed by atoms with Gasteiger partial charge in [-0.3, -0.25) is 9.78 Å². The van der Waals surface area contributed by atoms with E-state index in [1.807, 2.05) is 0 Å². The molecule has 11 heteroatoms. The predicted octanol–water partition coefficient (Wildman–Crippen LogP) is 5.56. The first-order chi connectivity index (χ1) is 16.8. The SMILES string of the molecule is O=C(Nc1ccc(-c2cccc3cccnc23)cc1C(=O)[O-])c1cc(C(F)(F)F)cc(C(F)(F)F)c1. The molecule has 184 valence electrons. The summed E-state index contributed by atoms with van der Waals surface area (Å²) in [5.41, 5.74) is -3.72. The molecule has 0 unspecified atom stereocenters. The van der Waals surface area contributed by atoms with Gasteiger partial charge in [0.2, 0.25) is 0 Å². The van der Waals surface area contributed by atoms with Crippen molar-refractivity contribution in [1.29, 1.82) is 0 Å². The third-order valence-corrected chi connectivity index (χ3v) is 5.28. The zero-order valence-electron chi connectivity index (χ0n) is 17.9. The molecule has 0 bridgehead atoms. The fourth-order valence-electron chi connectivity index (χ4n) is 3.61. The molecule has 0 aliphatic carbocycles. The summed E-state index contributed by atoms with van der Waals surface area (Å²) in [5, 5.41) is 14.6. The smallest absolute Gasteiger partial charge is 0.416 e. The number of carbonyl (C=O) groups is 2. The highest BCUT2D eigenvalue weighted by atomic mass is 19.4. The summed E-state index contributed by atoms with van der Waals surface area (Å²) in [6.45, 7) is 0. The molecule has 0 fully saturated rings. The van der Waals surface area contributed by atoms with Gasteiger partial charge in [0.25, 0.3) is 5.91 Å². The van der Waals surface area contributed by atoms with Gasteiger partial charge in [0, 0.05) is 28.3 Å². The number of hydrogen-bond acceptors (Lipinski definition) is 4. The number of rotatable bonds is 4. The summed E-state index contributed by atoms with van der Waals surface area (Å²) >= 11 is 0. The fourth-order valence-corrected chi connectivity index (χ4v) is 3.61. The van der Waals surface area contributed by atoms with E-state index < -0.39 is 46.5 Å². The fraction of sp³-hybridized carbons (Fsp3) is 0.0800. The van der Waals surface area contributed by atoms with E-state index in [0.717, 1.165) is 5.39 Å². The molecule has 1 aromatic heterocycles. The number of nitrogens with one attached hydrogen (secondary N) is 1. The summed E-state index contributed by atoms with van der Waals surface area (Å²) in [7, 11) is 0. The molecule has 1 heterocycles. The van der Waals surface area contributed by atoms with Gasteiger partial charge in [-0.2, -0.15) is 26.3 Å². The summed E-state index contributed by atoms with van der Waals surface area (Å²) in [6.07, 6.45) is -8.76. The maximum absolute atomic E-state index is 13.1. The standard InChI is InChI=1S/C25H14F6N2O3/c26-24(27,28)16-9-15(10-17(12-16)25(29,30)31)22(34)33-20-7-6-14(11-19(20)23(35)36)18-5-1-3-13-4-2-8-32-21(13)18/h1-12H,(H,33,34)(H,35,36)/p-1. The van der Waals surface area contributed by atoms with Crippen LogP contribution in [0, 0.1) is 0 Å². The number of aromatic carboxylic acids is 1. The van der Waals surface area contributed by atoms with E-state index in [4.69, 9.17) is 0 Å². The van der Waals surface area contributed by atoms with Crippen LogP contribution in [0.4, 0.5) is 32.0 Å². The third-order valence-electron chi connectivity index (χ3n) is 5.28. The molecule has 4 rings (SSSR count). The third kappa shape index (κ3) is 4.99. The highest BCUT2D eigenvalue weighted by molar-refractivity contribution is 6.08. The minimum atomic E-state index is -5.15. The second-order valence-corrected chi connectivity index (χ2v) is 7.68. The summed E-state index contributed by atoms with van der Waals surface area (Å²) < 4.78 is 78.7. The maximum Gasteiger partial charge on any atom is 0.416 e. The molecule has 0 spiro atoms. The Hall–Kier alpha value is -4.41. The van der Waals surface area contributed by atoms with Crippen LogP contribution in [0.5, 0.6) is 0 Å². The van der Waals surface area contributed by atoms with Gasteiger partial charge >= 0.3 is 12.4 Å². The molecule has 3 aromatic carbocycles. The molecule has 5 nitrogen and oxygen atoms in total. The van der Waals surface area contributed by atoms with Gasteiger partial charge < -0.3 is 15.2 Å². The number of amides is 1. The Morgan fingerprint density at radius 1 is 0.806 bits per heavy atom. The second-order valence-electron chi connectivity index (χ2n) is 7.68. The van der Waals surface area contributed by atoms with Gasteiger partial charge in [0.1, 0.15) is 0 Å². The average Bonchev–Trinajstić information content (AvgIpc) is 2.82. The number of benzene rings is 3. The number of nitrogens with zero attached hydrogens (tertiary/aromatic N) is 1. The van der Waals surface area contributed by atoms with E-state index in [2.05, 4.69) is 10.3 Å². The molecule has 0 saturated carbocycles. The Bertz CT molecular complexity index is 1460. The largest absolute Gasteiger partial charge is 0.545 e. The van der Waals surface area contributed by atoms with Gasteiger partial charge in [0.15, 0.2) is 0 Å². The van der Waals surface area contributed by atoms with Crippen LogP contribution in [0.1, 0.15) is 31.8 Å². The summed E-state index contributed by atoms with van der Waals surface area (Å²) in [6, 6.07) is 12.9. The number of hydrogen-bond donors (Lipinski definition) is 1. The Morgan fingerprint density at radius 2 is 1.44 bits per heavy atom. The number of alkyl halides is 6. The normalized spacial score (nSPS) is 11.9. The first-order valence-electron chi connectivity index (χ1n) is 10.1. The molecule has 0 atom stereocenters. The van der Waals surface area contributed by atoms with E-state index in [-0.39, 0.29) is 23.9 Å². The van der Waals surface area contributed by atoms with Crippen molar-refractivity contribution in [1.82, 2.24) is 4.98 Å². The molecule has 1 amide bonds. The van der Waals surface area contributed by atoms with Crippen LogP contribution >= 0.6 is 0 Å². The molecule has 1 N–H and O–H groups in total. The van der Waals surface area contributed by atoms with Gasteiger partial charge in [-0.1, -0.05) is 30.3 Å². The lowest BCUT2D eigenvalue weighted by atomic mass is 9.99. The lowest BCUT2D eigenvalue weighted by Gasteiger charge is -2.16. The predicted molar refractivity (Wildman–Crippen MR) is 116 cm³/mol. The van der Waals surface area contributed by atoms with Gasteiger partial charge in [-0.25, -0.2) is 0 Å². The molecule has 0 saturated heterocycles. The van der Waals surface area contributed by atoms with Crippen molar-refractivity contribution in [3.63, 3.8) is 0 Å². The lowest BCUT2D eigenvalue weighted by molar-refractivity contribution is -0.254. The maximum atomic E-state index is 13.1. The van der Waals surface area contributed by atoms with Crippen molar-refractivity contribution in [2.45, 2.75) is 12.4 Å². The van der Waals surface area contributed by atoms with Crippen LogP contribution in [0.15, 0.2) is 72.9 Å². The molecule has 0 aliphatic rings. The van der Waals surface area contributed by atoms with Crippen LogP contribution < -0.4 is 10.4 Å². The number of fused-ring (bicyclic) bond motifs is 1. The van der Waals surface area contributed by atoms with Crippen LogP contribution in [0.2, 0.25) is 0 Å². The van der Waals surface area contributed by atoms with Gasteiger partial charge in [-0.05, 0) is 42.0 Å². The molecule has 4 aromatic rings. The quantitative estimate of drug-likeness (QED) is 0.370. The van der Waals surface area contributed by atoms with Crippen molar-refractivity contribution in [3.05, 3.63) is 95.2 Å². The number of aromatic nitrogens is 1. The van der Waals surface area contributed by atoms with Crippen molar-refractivity contribution >= 4 is 28.5 Å². The van der Waals surface area contributed by atoms with Crippen molar-refractivity contribution < 1.29 is 41.0 Å². The first-order valence-corrected chi connectivity index (χ1v) is 10.1. The first kappa shape index (κ1) is 24.7. The van der Waals surface area contributed by atoms with E-state index >= 15 is 0 Å². The molecule has 0 radical (unpaired) electrons. The zero-order valence-corrected chi connectivity index (χ0v) is 17.9. The molecular weight excluding hydrogens is 490 g/mol. The lowest BCUT2D eigenvalue weighted by Crippen LogP contribution is -2.25. The van der Waals surface area contributed by atoms with Gasteiger partial charge in [0.05, 0.1) is 28.3 Å². The highest BCUT2D eigenvalue weighted by Gasteiger charge is 2.37.